The molecule has 7 heteroatoms. The van der Waals surface area contributed by atoms with Gasteiger partial charge in [0, 0.05) is 16.7 Å². The fourth-order valence-corrected chi connectivity index (χ4v) is 3.59. The highest BCUT2D eigenvalue weighted by molar-refractivity contribution is 6.13. The molecule has 2 rings (SSSR count). The van der Waals surface area contributed by atoms with E-state index >= 15 is 0 Å². The summed E-state index contributed by atoms with van der Waals surface area (Å²) in [5.74, 6) is -1.15. The molecular formula is C29H39N3O4. The normalized spacial score (nSPS) is 12.4. The van der Waals surface area contributed by atoms with Crippen molar-refractivity contribution in [3.63, 3.8) is 0 Å². The fourth-order valence-electron chi connectivity index (χ4n) is 3.59. The molecule has 1 atom stereocenters. The molecular weight excluding hydrogens is 454 g/mol. The number of carboxylic acid groups (broad SMARTS) is 1. The number of hydrogen-bond donors (Lipinski definition) is 1. The Labute approximate surface area is 215 Å². The third kappa shape index (κ3) is 8.34. The van der Waals surface area contributed by atoms with Gasteiger partial charge in [-0.15, -0.1) is 0 Å². The summed E-state index contributed by atoms with van der Waals surface area (Å²) < 4.78 is 5.81. The molecule has 0 heterocycles. The van der Waals surface area contributed by atoms with E-state index in [9.17, 15) is 14.7 Å². The number of hydrazone groups is 1. The molecule has 0 fully saturated rings. The predicted octanol–water partition coefficient (Wildman–Crippen LogP) is 5.81. The quantitative estimate of drug-likeness (QED) is 0.272. The third-order valence-corrected chi connectivity index (χ3v) is 5.16. The van der Waals surface area contributed by atoms with Gasteiger partial charge in [0.15, 0.2) is 6.04 Å². The summed E-state index contributed by atoms with van der Waals surface area (Å²) in [4.78, 5) is 27.8. The topological polar surface area (TPSA) is 82.4 Å². The summed E-state index contributed by atoms with van der Waals surface area (Å²) >= 11 is 0. The van der Waals surface area contributed by atoms with Crippen LogP contribution in [0.5, 0.6) is 0 Å². The van der Waals surface area contributed by atoms with E-state index in [-0.39, 0.29) is 13.2 Å². The lowest BCUT2D eigenvalue weighted by atomic mass is 10.0. The van der Waals surface area contributed by atoms with E-state index in [1.807, 2.05) is 81.4 Å². The van der Waals surface area contributed by atoms with Crippen LogP contribution < -0.4 is 0 Å². The first-order chi connectivity index (χ1) is 16.7. The Morgan fingerprint density at radius 2 is 1.42 bits per heavy atom. The number of carboxylic acids is 1. The zero-order valence-electron chi connectivity index (χ0n) is 22.5. The van der Waals surface area contributed by atoms with Crippen LogP contribution in [0.25, 0.3) is 0 Å². The number of rotatable bonds is 9. The fraction of sp³-hybridized carbons (Fsp3) is 0.414. The van der Waals surface area contributed by atoms with Crippen molar-refractivity contribution in [1.82, 2.24) is 9.91 Å². The predicted molar refractivity (Wildman–Crippen MR) is 144 cm³/mol. The first-order valence-corrected chi connectivity index (χ1v) is 12.0. The van der Waals surface area contributed by atoms with E-state index in [2.05, 4.69) is 6.58 Å². The second-order valence-corrected chi connectivity index (χ2v) is 10.8. The van der Waals surface area contributed by atoms with Crippen LogP contribution in [0.1, 0.15) is 59.6 Å². The number of benzene rings is 2. The van der Waals surface area contributed by atoms with Crippen LogP contribution in [0.2, 0.25) is 0 Å². The number of carbonyl (C=O) groups excluding carboxylic acids is 1. The Morgan fingerprint density at radius 1 is 0.944 bits per heavy atom. The first kappa shape index (κ1) is 28.8. The Morgan fingerprint density at radius 3 is 1.78 bits per heavy atom. The number of aliphatic carboxylic acids is 1. The summed E-state index contributed by atoms with van der Waals surface area (Å²) in [5, 5.41) is 16.2. The minimum absolute atomic E-state index is 0.126. The molecule has 2 aromatic carbocycles. The summed E-state index contributed by atoms with van der Waals surface area (Å²) in [5.41, 5.74) is 1.57. The lowest BCUT2D eigenvalue weighted by Crippen LogP contribution is -2.60. The highest BCUT2D eigenvalue weighted by atomic mass is 16.5. The molecule has 0 saturated carbocycles. The average molecular weight is 494 g/mol. The summed E-state index contributed by atoms with van der Waals surface area (Å²) in [6.45, 7) is 16.7. The molecule has 1 N–H and O–H groups in total. The van der Waals surface area contributed by atoms with Crippen LogP contribution >= 0.6 is 0 Å². The second kappa shape index (κ2) is 12.0. The highest BCUT2D eigenvalue weighted by Crippen LogP contribution is 2.23. The Hall–Kier alpha value is -3.45. The average Bonchev–Trinajstić information content (AvgIpc) is 2.78. The Bertz CT molecular complexity index is 1030. The van der Waals surface area contributed by atoms with Gasteiger partial charge in [-0.3, -0.25) is 0 Å². The minimum atomic E-state index is -1.21. The van der Waals surface area contributed by atoms with Gasteiger partial charge in [-0.1, -0.05) is 72.8 Å². The molecule has 0 saturated heterocycles. The smallest absolute Gasteiger partial charge is 0.342 e. The number of nitrogens with zero attached hydrogens (tertiary/aromatic N) is 3. The van der Waals surface area contributed by atoms with E-state index in [1.165, 1.54) is 9.91 Å². The van der Waals surface area contributed by atoms with Gasteiger partial charge < -0.3 is 14.7 Å². The number of urea groups is 1. The van der Waals surface area contributed by atoms with Crippen LogP contribution in [0.4, 0.5) is 4.79 Å². The van der Waals surface area contributed by atoms with Crippen LogP contribution in [0, 0.1) is 0 Å². The zero-order chi connectivity index (χ0) is 27.1. The molecule has 1 unspecified atom stereocenters. The molecule has 194 valence electrons. The van der Waals surface area contributed by atoms with Gasteiger partial charge in [0.25, 0.3) is 0 Å². The van der Waals surface area contributed by atoms with Crippen LogP contribution in [-0.2, 0) is 9.53 Å². The lowest BCUT2D eigenvalue weighted by molar-refractivity contribution is -0.149. The molecule has 0 aliphatic heterocycles. The molecule has 0 aromatic heterocycles. The van der Waals surface area contributed by atoms with E-state index in [1.54, 1.807) is 27.7 Å². The minimum Gasteiger partial charge on any atom is -0.480 e. The van der Waals surface area contributed by atoms with Gasteiger partial charge >= 0.3 is 12.0 Å². The van der Waals surface area contributed by atoms with E-state index in [4.69, 9.17) is 9.84 Å². The van der Waals surface area contributed by atoms with Crippen LogP contribution in [0.15, 0.2) is 77.9 Å². The molecule has 0 spiro atoms. The standard InChI is InChI=1S/C29H39N3O4/c1-21(2)19-31(30-25(22-15-11-9-12-16-22)23-17-13-10-14-18-23)27(35)32(28(3,4)5)24(26(33)34)20-36-29(6,7)8/h9-18,24H,1,19-20H2,2-8H3,(H,33,34). The van der Waals surface area contributed by atoms with Crippen LogP contribution in [-0.4, -0.2) is 63.1 Å². The Kier molecular flexibility index (Phi) is 9.59. The molecule has 2 aromatic rings. The molecule has 0 radical (unpaired) electrons. The van der Waals surface area contributed by atoms with Crippen molar-refractivity contribution >= 4 is 17.7 Å². The monoisotopic (exact) mass is 493 g/mol. The van der Waals surface area contributed by atoms with Crippen molar-refractivity contribution in [2.24, 2.45) is 5.10 Å². The molecule has 7 nitrogen and oxygen atoms in total. The van der Waals surface area contributed by atoms with Gasteiger partial charge in [-0.25, -0.2) is 14.6 Å². The van der Waals surface area contributed by atoms with E-state index in [0.29, 0.717) is 11.3 Å². The van der Waals surface area contributed by atoms with Gasteiger partial charge in [0.1, 0.15) is 0 Å². The number of amides is 2. The number of carbonyl (C=O) groups is 2. The number of ether oxygens (including phenoxy) is 1. The SMILES string of the molecule is C=C(C)CN(N=C(c1ccccc1)c1ccccc1)C(=O)N(C(COC(C)(C)C)C(=O)O)C(C)(C)C. The summed E-state index contributed by atoms with van der Waals surface area (Å²) in [6.07, 6.45) is 0. The molecule has 0 bridgehead atoms. The second-order valence-electron chi connectivity index (χ2n) is 10.8. The maximum absolute atomic E-state index is 14.1. The van der Waals surface area contributed by atoms with Crippen molar-refractivity contribution in [1.29, 1.82) is 0 Å². The van der Waals surface area contributed by atoms with Crippen LogP contribution in [0.3, 0.4) is 0 Å². The first-order valence-electron chi connectivity index (χ1n) is 12.0. The van der Waals surface area contributed by atoms with Crippen molar-refractivity contribution < 1.29 is 19.4 Å². The van der Waals surface area contributed by atoms with Gasteiger partial charge in [-0.05, 0) is 48.5 Å². The molecule has 0 aliphatic rings. The maximum atomic E-state index is 14.1. The van der Waals surface area contributed by atoms with Crippen molar-refractivity contribution in [2.45, 2.75) is 65.6 Å². The molecule has 0 aliphatic carbocycles. The van der Waals surface area contributed by atoms with Crippen molar-refractivity contribution in [3.8, 4) is 0 Å². The third-order valence-electron chi connectivity index (χ3n) is 5.16. The molecule has 36 heavy (non-hydrogen) atoms. The van der Waals surface area contributed by atoms with E-state index < -0.39 is 29.2 Å². The zero-order valence-corrected chi connectivity index (χ0v) is 22.5. The largest absolute Gasteiger partial charge is 0.480 e. The van der Waals surface area contributed by atoms with E-state index in [0.717, 1.165) is 11.1 Å². The number of hydrogen-bond acceptors (Lipinski definition) is 4. The van der Waals surface area contributed by atoms with Crippen molar-refractivity contribution in [2.75, 3.05) is 13.2 Å². The maximum Gasteiger partial charge on any atom is 0.342 e. The molecule has 2 amide bonds. The summed E-state index contributed by atoms with van der Waals surface area (Å²) in [7, 11) is 0. The lowest BCUT2D eigenvalue weighted by Gasteiger charge is -2.42. The summed E-state index contributed by atoms with van der Waals surface area (Å²) in [6, 6.07) is 17.4. The van der Waals surface area contributed by atoms with Gasteiger partial charge in [-0.2, -0.15) is 5.10 Å². The highest BCUT2D eigenvalue weighted by Gasteiger charge is 2.40. The van der Waals surface area contributed by atoms with Gasteiger partial charge in [0.2, 0.25) is 0 Å². The van der Waals surface area contributed by atoms with Crippen molar-refractivity contribution in [3.05, 3.63) is 83.9 Å². The van der Waals surface area contributed by atoms with Gasteiger partial charge in [0.05, 0.1) is 24.5 Å². The Balaban J connectivity index is 2.64.